The highest BCUT2D eigenvalue weighted by atomic mass is 32.1. The largest absolute Gasteiger partial charge is 0.456 e. The second-order valence-corrected chi connectivity index (χ2v) is 16.9. The fraction of sp³-hybridized carbons (Fsp3) is 0. The SMILES string of the molecule is c1ccc(-c2ccc(-c3nc(-c4cccc5c4sc4ccccc45)nc(-c4cccc5oc6cccc(-c7ccccc7-n7c8ccccc8c8ccccc87)c6c45)n3)cc2)cc1. The normalized spacial score (nSPS) is 11.8. The molecule has 4 heterocycles. The van der Waals surface area contributed by atoms with Crippen molar-refractivity contribution < 1.29 is 4.42 Å². The minimum absolute atomic E-state index is 0.582. The van der Waals surface area contributed by atoms with Gasteiger partial charge in [-0.15, -0.1) is 11.3 Å². The minimum Gasteiger partial charge on any atom is -0.456 e. The van der Waals surface area contributed by atoms with E-state index in [0.29, 0.717) is 17.5 Å². The molecule has 9 aromatic carbocycles. The summed E-state index contributed by atoms with van der Waals surface area (Å²) in [7, 11) is 0. The second kappa shape index (κ2) is 14.2. The van der Waals surface area contributed by atoms with E-state index in [4.69, 9.17) is 19.4 Å². The molecule has 0 atom stereocenters. The van der Waals surface area contributed by atoms with Gasteiger partial charge in [-0.2, -0.15) is 0 Å². The van der Waals surface area contributed by atoms with Gasteiger partial charge in [0.05, 0.1) is 16.7 Å². The molecule has 294 valence electrons. The van der Waals surface area contributed by atoms with Gasteiger partial charge in [0.2, 0.25) is 0 Å². The fourth-order valence-electron chi connectivity index (χ4n) is 9.47. The molecule has 0 aliphatic rings. The molecule has 5 nitrogen and oxygen atoms in total. The van der Waals surface area contributed by atoms with Gasteiger partial charge in [0.25, 0.3) is 0 Å². The van der Waals surface area contributed by atoms with E-state index in [2.05, 4.69) is 193 Å². The van der Waals surface area contributed by atoms with Crippen LogP contribution in [0.4, 0.5) is 0 Å². The Balaban J connectivity index is 1.06. The Hall–Kier alpha value is -8.19. The van der Waals surface area contributed by atoms with Crippen LogP contribution in [0.15, 0.2) is 211 Å². The number of fused-ring (bicyclic) bond motifs is 9. The summed E-state index contributed by atoms with van der Waals surface area (Å²) >= 11 is 1.78. The number of para-hydroxylation sites is 3. The monoisotopic (exact) mass is 822 g/mol. The Bertz CT molecular complexity index is 3860. The molecule has 0 bridgehead atoms. The van der Waals surface area contributed by atoms with Gasteiger partial charge in [0.15, 0.2) is 17.5 Å². The number of hydrogen-bond donors (Lipinski definition) is 0. The van der Waals surface area contributed by atoms with Crippen LogP contribution in [0.5, 0.6) is 0 Å². The zero-order chi connectivity index (χ0) is 41.4. The van der Waals surface area contributed by atoms with Crippen LogP contribution in [0.3, 0.4) is 0 Å². The first-order chi connectivity index (χ1) is 31.2. The third kappa shape index (κ3) is 5.66. The molecule has 0 unspecified atom stereocenters. The maximum Gasteiger partial charge on any atom is 0.165 e. The van der Waals surface area contributed by atoms with Gasteiger partial charge in [0, 0.05) is 64.0 Å². The maximum absolute atomic E-state index is 6.75. The number of furan rings is 1. The van der Waals surface area contributed by atoms with Crippen molar-refractivity contribution in [2.24, 2.45) is 0 Å². The van der Waals surface area contributed by atoms with Crippen LogP contribution in [-0.4, -0.2) is 19.5 Å². The Morgan fingerprint density at radius 1 is 0.349 bits per heavy atom. The van der Waals surface area contributed by atoms with E-state index in [1.807, 2.05) is 18.2 Å². The van der Waals surface area contributed by atoms with Crippen LogP contribution in [0, 0.1) is 0 Å². The molecule has 63 heavy (non-hydrogen) atoms. The van der Waals surface area contributed by atoms with Crippen molar-refractivity contribution in [2.75, 3.05) is 0 Å². The number of aromatic nitrogens is 4. The summed E-state index contributed by atoms with van der Waals surface area (Å²) in [4.78, 5) is 16.0. The van der Waals surface area contributed by atoms with E-state index in [9.17, 15) is 0 Å². The van der Waals surface area contributed by atoms with E-state index < -0.39 is 0 Å². The molecule has 13 rings (SSSR count). The van der Waals surface area contributed by atoms with Crippen LogP contribution in [0.25, 0.3) is 126 Å². The molecule has 0 aliphatic heterocycles. The van der Waals surface area contributed by atoms with Crippen molar-refractivity contribution in [1.82, 2.24) is 19.5 Å². The van der Waals surface area contributed by atoms with Crippen molar-refractivity contribution in [3.05, 3.63) is 206 Å². The molecule has 4 aromatic heterocycles. The number of rotatable bonds is 6. The fourth-order valence-corrected chi connectivity index (χ4v) is 10.7. The Kier molecular flexibility index (Phi) is 8.01. The first kappa shape index (κ1) is 35.6. The van der Waals surface area contributed by atoms with Crippen molar-refractivity contribution in [3.8, 4) is 62.1 Å². The third-order valence-electron chi connectivity index (χ3n) is 12.3. The molecular formula is C57H34N4OS. The summed E-state index contributed by atoms with van der Waals surface area (Å²) in [5.74, 6) is 1.81. The standard InChI is InChI=1S/C57H34N4OS/c1-2-15-35(16-3-1)36-31-33-37(34-32-36)55-58-56(60-57(59-55)45-24-12-22-43-41-20-7-11-30-51(41)63-54(43)45)44-23-14-29-50-53(44)52-42(21-13-28-49(52)62-50)40-19-6-10-27-48(40)61-46-25-8-4-17-38(46)39-18-5-9-26-47(39)61/h1-34H. The molecule has 0 saturated carbocycles. The third-order valence-corrected chi connectivity index (χ3v) is 13.5. The molecule has 0 N–H and O–H groups in total. The maximum atomic E-state index is 6.75. The number of nitrogens with zero attached hydrogens (tertiary/aromatic N) is 4. The van der Waals surface area contributed by atoms with Gasteiger partial charge in [-0.1, -0.05) is 164 Å². The van der Waals surface area contributed by atoms with Crippen LogP contribution in [-0.2, 0) is 0 Å². The highest BCUT2D eigenvalue weighted by molar-refractivity contribution is 7.26. The number of thiophene rings is 1. The van der Waals surface area contributed by atoms with E-state index >= 15 is 0 Å². The summed E-state index contributed by atoms with van der Waals surface area (Å²) in [5, 5.41) is 6.84. The first-order valence-corrected chi connectivity index (χ1v) is 21.9. The highest BCUT2D eigenvalue weighted by Gasteiger charge is 2.23. The molecule has 0 spiro atoms. The molecule has 0 radical (unpaired) electrons. The first-order valence-electron chi connectivity index (χ1n) is 21.1. The summed E-state index contributed by atoms with van der Waals surface area (Å²) in [5.41, 5.74) is 12.2. The van der Waals surface area contributed by atoms with Gasteiger partial charge >= 0.3 is 0 Å². The van der Waals surface area contributed by atoms with Gasteiger partial charge < -0.3 is 8.98 Å². The van der Waals surface area contributed by atoms with Crippen molar-refractivity contribution in [1.29, 1.82) is 0 Å². The lowest BCUT2D eigenvalue weighted by atomic mass is 9.95. The van der Waals surface area contributed by atoms with Crippen molar-refractivity contribution in [2.45, 2.75) is 0 Å². The lowest BCUT2D eigenvalue weighted by Crippen LogP contribution is -2.01. The quantitative estimate of drug-likeness (QED) is 0.168. The molecule has 0 fully saturated rings. The Morgan fingerprint density at radius 2 is 0.857 bits per heavy atom. The summed E-state index contributed by atoms with van der Waals surface area (Å²) in [6.07, 6.45) is 0. The second-order valence-electron chi connectivity index (χ2n) is 15.9. The molecule has 0 saturated heterocycles. The van der Waals surface area contributed by atoms with Crippen molar-refractivity contribution >= 4 is 75.3 Å². The highest BCUT2D eigenvalue weighted by Crippen LogP contribution is 2.45. The summed E-state index contributed by atoms with van der Waals surface area (Å²) in [6.45, 7) is 0. The van der Waals surface area contributed by atoms with E-state index in [1.54, 1.807) is 11.3 Å². The number of hydrogen-bond acceptors (Lipinski definition) is 5. The van der Waals surface area contributed by atoms with E-state index in [1.165, 1.54) is 26.2 Å². The van der Waals surface area contributed by atoms with E-state index in [0.717, 1.165) is 82.3 Å². The summed E-state index contributed by atoms with van der Waals surface area (Å²) in [6, 6.07) is 72.5. The molecule has 6 heteroatoms. The van der Waals surface area contributed by atoms with Crippen LogP contribution < -0.4 is 0 Å². The van der Waals surface area contributed by atoms with Gasteiger partial charge in [-0.05, 0) is 59.2 Å². The molecule has 0 amide bonds. The van der Waals surface area contributed by atoms with Crippen molar-refractivity contribution in [3.63, 3.8) is 0 Å². The minimum atomic E-state index is 0.582. The zero-order valence-corrected chi connectivity index (χ0v) is 34.6. The van der Waals surface area contributed by atoms with Crippen LogP contribution in [0.2, 0.25) is 0 Å². The predicted octanol–water partition coefficient (Wildman–Crippen LogP) is 15.6. The van der Waals surface area contributed by atoms with Gasteiger partial charge in [-0.3, -0.25) is 0 Å². The zero-order valence-electron chi connectivity index (χ0n) is 33.7. The molecular weight excluding hydrogens is 789 g/mol. The smallest absolute Gasteiger partial charge is 0.165 e. The molecule has 0 aliphatic carbocycles. The summed E-state index contributed by atoms with van der Waals surface area (Å²) < 4.78 is 11.5. The van der Waals surface area contributed by atoms with Crippen LogP contribution in [0.1, 0.15) is 0 Å². The predicted molar refractivity (Wildman–Crippen MR) is 262 cm³/mol. The van der Waals surface area contributed by atoms with Crippen LogP contribution >= 0.6 is 11.3 Å². The topological polar surface area (TPSA) is 56.7 Å². The van der Waals surface area contributed by atoms with Gasteiger partial charge in [0.1, 0.15) is 11.2 Å². The van der Waals surface area contributed by atoms with Gasteiger partial charge in [-0.25, -0.2) is 15.0 Å². The lowest BCUT2D eigenvalue weighted by molar-refractivity contribution is 0.669. The van der Waals surface area contributed by atoms with E-state index in [-0.39, 0.29) is 0 Å². The lowest BCUT2D eigenvalue weighted by Gasteiger charge is -2.15. The average Bonchev–Trinajstić information content (AvgIpc) is 4.04. The Labute approximate surface area is 365 Å². The Morgan fingerprint density at radius 3 is 1.62 bits per heavy atom. The molecule has 13 aromatic rings. The number of benzene rings is 9. The average molecular weight is 823 g/mol.